The molecule has 1 aliphatic heterocycles. The maximum absolute atomic E-state index is 13.4. The number of urea groups is 1. The molecule has 1 fully saturated rings. The third-order valence-electron chi connectivity index (χ3n) is 5.09. The summed E-state index contributed by atoms with van der Waals surface area (Å²) in [5.74, 6) is 0.968. The number of amides is 2. The molecule has 1 aliphatic rings. The van der Waals surface area contributed by atoms with Crippen LogP contribution >= 0.6 is 11.6 Å². The van der Waals surface area contributed by atoms with E-state index < -0.39 is 5.82 Å². The highest BCUT2D eigenvalue weighted by atomic mass is 35.5. The number of hydrogen-bond acceptors (Lipinski definition) is 3. The number of nitrogens with zero attached hydrogens (tertiary/aromatic N) is 1. The average molecular weight is 407 g/mol. The first-order valence-corrected chi connectivity index (χ1v) is 9.56. The summed E-state index contributed by atoms with van der Waals surface area (Å²) < 4.78 is 24.2. The molecule has 1 N–H and O–H groups in total. The second-order valence-electron chi connectivity index (χ2n) is 6.80. The van der Waals surface area contributed by atoms with Gasteiger partial charge in [-0.1, -0.05) is 17.7 Å². The first-order chi connectivity index (χ1) is 13.4. The van der Waals surface area contributed by atoms with Crippen molar-refractivity contribution in [2.45, 2.75) is 31.8 Å². The number of halogens is 2. The Morgan fingerprint density at radius 1 is 1.25 bits per heavy atom. The van der Waals surface area contributed by atoms with E-state index in [0.29, 0.717) is 6.54 Å². The van der Waals surface area contributed by atoms with Crippen molar-refractivity contribution < 1.29 is 18.7 Å². The molecule has 2 atom stereocenters. The summed E-state index contributed by atoms with van der Waals surface area (Å²) in [7, 11) is 3.23. The van der Waals surface area contributed by atoms with Gasteiger partial charge in [0.25, 0.3) is 0 Å². The van der Waals surface area contributed by atoms with E-state index in [1.54, 1.807) is 25.2 Å². The fourth-order valence-corrected chi connectivity index (χ4v) is 3.76. The Labute approximate surface area is 169 Å². The summed E-state index contributed by atoms with van der Waals surface area (Å²) in [5, 5.41) is 3.02. The number of likely N-dealkylation sites (tertiary alicyclic amines) is 1. The van der Waals surface area contributed by atoms with Crippen molar-refractivity contribution in [3.8, 4) is 11.5 Å². The van der Waals surface area contributed by atoms with Crippen LogP contribution in [-0.2, 0) is 0 Å². The Kier molecular flexibility index (Phi) is 6.29. The van der Waals surface area contributed by atoms with E-state index >= 15 is 0 Å². The molecule has 5 nitrogen and oxygen atoms in total. The normalized spacial score (nSPS) is 17.3. The Hall–Kier alpha value is -2.47. The molecule has 2 aromatic carbocycles. The highest BCUT2D eigenvalue weighted by Gasteiger charge is 2.32. The minimum atomic E-state index is -0.478. The lowest BCUT2D eigenvalue weighted by molar-refractivity contribution is 0.188. The number of carbonyl (C=O) groups is 1. The van der Waals surface area contributed by atoms with Crippen LogP contribution in [0.1, 0.15) is 43.0 Å². The van der Waals surface area contributed by atoms with Crippen molar-refractivity contribution in [3.05, 3.63) is 58.4 Å². The van der Waals surface area contributed by atoms with E-state index in [2.05, 4.69) is 5.32 Å². The molecule has 0 aromatic heterocycles. The molecule has 0 spiro atoms. The summed E-state index contributed by atoms with van der Waals surface area (Å²) >= 11 is 5.86. The number of benzene rings is 2. The summed E-state index contributed by atoms with van der Waals surface area (Å²) in [6.07, 6.45) is 1.74. The summed E-state index contributed by atoms with van der Waals surface area (Å²) in [6, 6.07) is 9.48. The van der Waals surface area contributed by atoms with Crippen molar-refractivity contribution in [2.24, 2.45) is 0 Å². The largest absolute Gasteiger partial charge is 0.497 e. The smallest absolute Gasteiger partial charge is 0.318 e. The van der Waals surface area contributed by atoms with Gasteiger partial charge in [0, 0.05) is 12.1 Å². The lowest BCUT2D eigenvalue weighted by atomic mass is 10.0. The Morgan fingerprint density at radius 3 is 2.71 bits per heavy atom. The second-order valence-corrected chi connectivity index (χ2v) is 7.21. The van der Waals surface area contributed by atoms with Gasteiger partial charge in [-0.25, -0.2) is 9.18 Å². The van der Waals surface area contributed by atoms with Gasteiger partial charge in [-0.15, -0.1) is 0 Å². The average Bonchev–Trinajstić information content (AvgIpc) is 3.19. The molecule has 0 saturated carbocycles. The molecule has 2 amide bonds. The van der Waals surface area contributed by atoms with Gasteiger partial charge < -0.3 is 19.7 Å². The minimum absolute atomic E-state index is 0.0405. The highest BCUT2D eigenvalue weighted by Crippen LogP contribution is 2.39. The third-order valence-corrected chi connectivity index (χ3v) is 5.38. The predicted octanol–water partition coefficient (Wildman–Crippen LogP) is 5.10. The number of ether oxygens (including phenoxy) is 2. The van der Waals surface area contributed by atoms with Gasteiger partial charge in [-0.2, -0.15) is 0 Å². The van der Waals surface area contributed by atoms with Crippen molar-refractivity contribution >= 4 is 17.6 Å². The van der Waals surface area contributed by atoms with E-state index in [1.807, 2.05) is 25.1 Å². The van der Waals surface area contributed by atoms with Crippen molar-refractivity contribution in [1.29, 1.82) is 0 Å². The predicted molar refractivity (Wildman–Crippen MR) is 107 cm³/mol. The van der Waals surface area contributed by atoms with E-state index in [9.17, 15) is 9.18 Å². The van der Waals surface area contributed by atoms with Crippen LogP contribution < -0.4 is 14.8 Å². The summed E-state index contributed by atoms with van der Waals surface area (Å²) in [4.78, 5) is 14.8. The first-order valence-electron chi connectivity index (χ1n) is 9.18. The fraction of sp³-hybridized carbons (Fsp3) is 0.381. The van der Waals surface area contributed by atoms with Crippen LogP contribution in [0, 0.1) is 5.82 Å². The SMILES string of the molecule is COc1ccc(OC)c(C2CCCN2C(=O)NC(C)c2ccc(F)c(Cl)c2)c1. The number of rotatable bonds is 5. The second kappa shape index (κ2) is 8.69. The molecule has 1 heterocycles. The topological polar surface area (TPSA) is 50.8 Å². The molecule has 28 heavy (non-hydrogen) atoms. The minimum Gasteiger partial charge on any atom is -0.497 e. The van der Waals surface area contributed by atoms with E-state index in [4.69, 9.17) is 21.1 Å². The Balaban J connectivity index is 1.78. The standard InChI is InChI=1S/C21H24ClFN2O3/c1-13(14-6-8-18(23)17(22)11-14)24-21(26)25-10-4-5-19(25)16-12-15(27-2)7-9-20(16)28-3/h6-9,11-13,19H,4-5,10H2,1-3H3,(H,24,26). The first kappa shape index (κ1) is 20.3. The van der Waals surface area contributed by atoms with Crippen LogP contribution in [0.25, 0.3) is 0 Å². The number of nitrogens with one attached hydrogen (secondary N) is 1. The van der Waals surface area contributed by atoms with Crippen molar-refractivity contribution in [1.82, 2.24) is 10.2 Å². The van der Waals surface area contributed by atoms with Gasteiger partial charge in [-0.05, 0) is 55.7 Å². The molecular weight excluding hydrogens is 383 g/mol. The monoisotopic (exact) mass is 406 g/mol. The Bertz CT molecular complexity index is 862. The van der Waals surface area contributed by atoms with Crippen LogP contribution in [0.2, 0.25) is 5.02 Å². The number of carbonyl (C=O) groups excluding carboxylic acids is 1. The molecule has 2 aromatic rings. The van der Waals surface area contributed by atoms with Crippen LogP contribution in [-0.4, -0.2) is 31.7 Å². The van der Waals surface area contributed by atoms with Gasteiger partial charge in [0.15, 0.2) is 0 Å². The zero-order valence-electron chi connectivity index (χ0n) is 16.2. The van der Waals surface area contributed by atoms with Crippen LogP contribution in [0.5, 0.6) is 11.5 Å². The van der Waals surface area contributed by atoms with Crippen LogP contribution in [0.4, 0.5) is 9.18 Å². The zero-order valence-corrected chi connectivity index (χ0v) is 16.9. The van der Waals surface area contributed by atoms with E-state index in [-0.39, 0.29) is 23.1 Å². The summed E-state index contributed by atoms with van der Waals surface area (Å²) in [6.45, 7) is 2.49. The lowest BCUT2D eigenvalue weighted by Gasteiger charge is -2.28. The molecule has 2 unspecified atom stereocenters. The molecule has 0 aliphatic carbocycles. The van der Waals surface area contributed by atoms with Gasteiger partial charge in [0.1, 0.15) is 17.3 Å². The quantitative estimate of drug-likeness (QED) is 0.751. The van der Waals surface area contributed by atoms with Gasteiger partial charge in [0.2, 0.25) is 0 Å². The zero-order chi connectivity index (χ0) is 20.3. The Morgan fingerprint density at radius 2 is 2.04 bits per heavy atom. The summed E-state index contributed by atoms with van der Waals surface area (Å²) in [5.41, 5.74) is 1.67. The lowest BCUT2D eigenvalue weighted by Crippen LogP contribution is -2.40. The van der Waals surface area contributed by atoms with Gasteiger partial charge in [-0.3, -0.25) is 0 Å². The maximum Gasteiger partial charge on any atom is 0.318 e. The molecule has 7 heteroatoms. The molecule has 150 valence electrons. The molecule has 3 rings (SSSR count). The highest BCUT2D eigenvalue weighted by molar-refractivity contribution is 6.30. The van der Waals surface area contributed by atoms with E-state index in [1.165, 1.54) is 12.1 Å². The molecule has 1 saturated heterocycles. The number of methoxy groups -OCH3 is 2. The van der Waals surface area contributed by atoms with Crippen molar-refractivity contribution in [2.75, 3.05) is 20.8 Å². The fourth-order valence-electron chi connectivity index (χ4n) is 3.57. The number of hydrogen-bond donors (Lipinski definition) is 1. The van der Waals surface area contributed by atoms with Crippen LogP contribution in [0.3, 0.4) is 0 Å². The van der Waals surface area contributed by atoms with E-state index in [0.717, 1.165) is 35.5 Å². The van der Waals surface area contributed by atoms with Gasteiger partial charge >= 0.3 is 6.03 Å². The molecule has 0 radical (unpaired) electrons. The third kappa shape index (κ3) is 4.17. The van der Waals surface area contributed by atoms with Crippen molar-refractivity contribution in [3.63, 3.8) is 0 Å². The molecular formula is C21H24ClFN2O3. The van der Waals surface area contributed by atoms with Crippen LogP contribution in [0.15, 0.2) is 36.4 Å². The maximum atomic E-state index is 13.4. The molecule has 0 bridgehead atoms. The van der Waals surface area contributed by atoms with Gasteiger partial charge in [0.05, 0.1) is 31.3 Å².